The molecule has 0 unspecified atom stereocenters. The second-order valence-electron chi connectivity index (χ2n) is 2.52. The second-order valence-corrected chi connectivity index (χ2v) is 2.52. The van der Waals surface area contributed by atoms with Crippen LogP contribution in [0.1, 0.15) is 0 Å². The second kappa shape index (κ2) is 2.37. The highest BCUT2D eigenvalue weighted by atomic mass is 16.5. The number of hydrogen-bond donors (Lipinski definition) is 0. The van der Waals surface area contributed by atoms with Gasteiger partial charge in [0.05, 0.1) is 0 Å². The van der Waals surface area contributed by atoms with Crippen molar-refractivity contribution in [2.75, 3.05) is 0 Å². The molecule has 0 radical (unpaired) electrons. The third kappa shape index (κ3) is 0.871. The summed E-state index contributed by atoms with van der Waals surface area (Å²) in [6.45, 7) is 0. The van der Waals surface area contributed by atoms with Crippen molar-refractivity contribution in [3.05, 3.63) is 52.0 Å². The zero-order valence-corrected chi connectivity index (χ0v) is 6.23. The highest BCUT2D eigenvalue weighted by Crippen LogP contribution is 2.09. The Balaban J connectivity index is 3.01. The van der Waals surface area contributed by atoms with Crippen LogP contribution in [0.5, 0.6) is 0 Å². The molecule has 3 nitrogen and oxygen atoms in total. The molecule has 3 heteroatoms. The van der Waals surface area contributed by atoms with Crippen molar-refractivity contribution in [1.29, 1.82) is 0 Å². The fourth-order valence-corrected chi connectivity index (χ4v) is 1.16. The Morgan fingerprint density at radius 1 is 1.08 bits per heavy atom. The van der Waals surface area contributed by atoms with E-state index in [1.165, 1.54) is 6.07 Å². The summed E-state index contributed by atoms with van der Waals surface area (Å²) >= 11 is 0. The number of aromatic nitrogens is 1. The van der Waals surface area contributed by atoms with Gasteiger partial charge in [0.1, 0.15) is 0 Å². The van der Waals surface area contributed by atoms with Crippen molar-refractivity contribution in [3.63, 3.8) is 0 Å². The zero-order chi connectivity index (χ0) is 8.55. The smallest absolute Gasteiger partial charge is 0.246 e. The van der Waals surface area contributed by atoms with Crippen molar-refractivity contribution in [2.24, 2.45) is 0 Å². The number of para-hydroxylation sites is 1. The highest BCUT2D eigenvalue weighted by Gasteiger charge is 1.92. The van der Waals surface area contributed by atoms with Crippen LogP contribution in [0.2, 0.25) is 0 Å². The molecular formula is C9H6NO2-. The van der Waals surface area contributed by atoms with E-state index in [0.717, 1.165) is 5.39 Å². The van der Waals surface area contributed by atoms with E-state index in [1.807, 2.05) is 6.07 Å². The lowest BCUT2D eigenvalue weighted by Gasteiger charge is -2.11. The number of pyridine rings is 1. The van der Waals surface area contributed by atoms with Crippen LogP contribution in [0.3, 0.4) is 0 Å². The summed E-state index contributed by atoms with van der Waals surface area (Å²) in [5.41, 5.74) is -0.0984. The van der Waals surface area contributed by atoms with E-state index < -0.39 is 5.56 Å². The van der Waals surface area contributed by atoms with Crippen LogP contribution in [0.15, 0.2) is 41.2 Å². The summed E-state index contributed by atoms with van der Waals surface area (Å²) < 4.78 is 0.398. The van der Waals surface area contributed by atoms with Gasteiger partial charge in [-0.1, -0.05) is 18.2 Å². The van der Waals surface area contributed by atoms with Crippen molar-refractivity contribution in [1.82, 2.24) is 4.73 Å². The minimum Gasteiger partial charge on any atom is -0.803 e. The SMILES string of the molecule is O=c1ccc2ccccc2n1[O-]. The summed E-state index contributed by atoms with van der Waals surface area (Å²) in [5.74, 6) is 0. The van der Waals surface area contributed by atoms with Crippen LogP contribution >= 0.6 is 0 Å². The minimum absolute atomic E-state index is 0.398. The minimum atomic E-state index is -0.520. The molecule has 0 N–H and O–H groups in total. The van der Waals surface area contributed by atoms with Crippen LogP contribution in [-0.4, -0.2) is 4.73 Å². The molecule has 0 spiro atoms. The first-order chi connectivity index (χ1) is 5.79. The lowest BCUT2D eigenvalue weighted by molar-refractivity contribution is 1.06. The van der Waals surface area contributed by atoms with Crippen molar-refractivity contribution >= 4 is 10.9 Å². The van der Waals surface area contributed by atoms with Gasteiger partial charge in [-0.05, 0) is 17.5 Å². The van der Waals surface area contributed by atoms with Gasteiger partial charge in [0, 0.05) is 11.6 Å². The van der Waals surface area contributed by atoms with Crippen molar-refractivity contribution in [3.8, 4) is 0 Å². The summed E-state index contributed by atoms with van der Waals surface area (Å²) in [6.07, 6.45) is 0. The van der Waals surface area contributed by atoms with E-state index in [9.17, 15) is 10.0 Å². The van der Waals surface area contributed by atoms with E-state index in [0.29, 0.717) is 10.2 Å². The van der Waals surface area contributed by atoms with Crippen LogP contribution in [0.4, 0.5) is 0 Å². The molecule has 1 aromatic carbocycles. The predicted octanol–water partition coefficient (Wildman–Crippen LogP) is 1.35. The van der Waals surface area contributed by atoms with E-state index in [4.69, 9.17) is 0 Å². The average molecular weight is 160 g/mol. The van der Waals surface area contributed by atoms with Gasteiger partial charge in [-0.25, -0.2) is 0 Å². The molecule has 2 rings (SSSR count). The zero-order valence-electron chi connectivity index (χ0n) is 6.23. The first kappa shape index (κ1) is 6.91. The molecule has 0 aliphatic heterocycles. The molecule has 0 bridgehead atoms. The topological polar surface area (TPSA) is 45.1 Å². The molecule has 0 aliphatic carbocycles. The van der Waals surface area contributed by atoms with Gasteiger partial charge in [0.2, 0.25) is 5.56 Å². The third-order valence-electron chi connectivity index (χ3n) is 1.76. The average Bonchev–Trinajstić information content (AvgIpc) is 2.12. The van der Waals surface area contributed by atoms with Crippen molar-refractivity contribution in [2.45, 2.75) is 0 Å². The molecule has 1 heterocycles. The molecule has 0 saturated heterocycles. The first-order valence-corrected chi connectivity index (χ1v) is 3.57. The standard InChI is InChI=1S/C9H6NO2/c11-9-6-5-7-3-1-2-4-8(7)10(9)12/h1-6H/q-1. The summed E-state index contributed by atoms with van der Waals surface area (Å²) in [4.78, 5) is 10.9. The molecule has 2 aromatic rings. The molecule has 0 saturated carbocycles. The fourth-order valence-electron chi connectivity index (χ4n) is 1.16. The molecule has 12 heavy (non-hydrogen) atoms. The van der Waals surface area contributed by atoms with Gasteiger partial charge in [-0.3, -0.25) is 4.79 Å². The van der Waals surface area contributed by atoms with Crippen LogP contribution < -0.4 is 5.56 Å². The van der Waals surface area contributed by atoms with Crippen LogP contribution in [-0.2, 0) is 0 Å². The summed E-state index contributed by atoms with van der Waals surface area (Å²) in [5, 5.41) is 11.9. The third-order valence-corrected chi connectivity index (χ3v) is 1.76. The van der Waals surface area contributed by atoms with Gasteiger partial charge in [0.15, 0.2) is 0 Å². The van der Waals surface area contributed by atoms with Gasteiger partial charge in [-0.2, -0.15) is 0 Å². The highest BCUT2D eigenvalue weighted by molar-refractivity contribution is 5.78. The quantitative estimate of drug-likeness (QED) is 0.583. The Morgan fingerprint density at radius 2 is 1.83 bits per heavy atom. The van der Waals surface area contributed by atoms with E-state index in [1.54, 1.807) is 24.3 Å². The molecule has 60 valence electrons. The Bertz CT molecular complexity index is 473. The Morgan fingerprint density at radius 3 is 2.67 bits per heavy atom. The van der Waals surface area contributed by atoms with Gasteiger partial charge in [-0.15, -0.1) is 0 Å². The molecule has 1 aromatic heterocycles. The number of nitrogens with zero attached hydrogens (tertiary/aromatic N) is 1. The Labute approximate surface area is 68.5 Å². The van der Waals surface area contributed by atoms with Crippen molar-refractivity contribution < 1.29 is 0 Å². The Hall–Kier alpha value is -1.77. The Kier molecular flexibility index (Phi) is 1.37. The maximum Gasteiger partial charge on any atom is 0.246 e. The molecule has 0 amide bonds. The predicted molar refractivity (Wildman–Crippen MR) is 47.0 cm³/mol. The summed E-state index contributed by atoms with van der Waals surface area (Å²) in [6, 6.07) is 9.90. The molecule has 0 fully saturated rings. The van der Waals surface area contributed by atoms with Gasteiger partial charge in [0.25, 0.3) is 0 Å². The van der Waals surface area contributed by atoms with Gasteiger partial charge >= 0.3 is 0 Å². The molecule has 0 atom stereocenters. The fraction of sp³-hybridized carbons (Fsp3) is 0. The normalized spacial score (nSPS) is 10.3. The number of fused-ring (bicyclic) bond motifs is 1. The monoisotopic (exact) mass is 160 g/mol. The maximum atomic E-state index is 11.1. The maximum absolute atomic E-state index is 11.1. The van der Waals surface area contributed by atoms with Gasteiger partial charge < -0.3 is 9.94 Å². The van der Waals surface area contributed by atoms with E-state index in [2.05, 4.69) is 0 Å². The number of benzene rings is 1. The summed E-state index contributed by atoms with van der Waals surface area (Å²) in [7, 11) is 0. The van der Waals surface area contributed by atoms with E-state index in [-0.39, 0.29) is 0 Å². The lowest BCUT2D eigenvalue weighted by Crippen LogP contribution is -2.13. The molecule has 0 aliphatic rings. The first-order valence-electron chi connectivity index (χ1n) is 3.57. The van der Waals surface area contributed by atoms with Crippen LogP contribution in [0.25, 0.3) is 10.9 Å². The van der Waals surface area contributed by atoms with Crippen LogP contribution in [0, 0.1) is 5.21 Å². The number of hydrogen-bond acceptors (Lipinski definition) is 2. The van der Waals surface area contributed by atoms with E-state index >= 15 is 0 Å². The largest absolute Gasteiger partial charge is 0.803 e. The number of rotatable bonds is 0. The lowest BCUT2D eigenvalue weighted by atomic mass is 10.2. The molecular weight excluding hydrogens is 154 g/mol.